The van der Waals surface area contributed by atoms with Crippen LogP contribution in [0.1, 0.15) is 30.9 Å². The molecule has 2 aromatic carbocycles. The van der Waals surface area contributed by atoms with Gasteiger partial charge in [0.05, 0.1) is 7.11 Å². The Balaban J connectivity index is 1.52. The van der Waals surface area contributed by atoms with E-state index in [-0.39, 0.29) is 0 Å². The van der Waals surface area contributed by atoms with Gasteiger partial charge >= 0.3 is 0 Å². The number of likely N-dealkylation sites (tertiary alicyclic amines) is 1. The van der Waals surface area contributed by atoms with Gasteiger partial charge in [-0.2, -0.15) is 0 Å². The van der Waals surface area contributed by atoms with Crippen molar-refractivity contribution in [1.29, 1.82) is 0 Å². The molecule has 1 aliphatic heterocycles. The number of likely N-dealkylation sites (N-methyl/N-ethyl adjacent to an activating group) is 1. The van der Waals surface area contributed by atoms with Crippen LogP contribution in [0.2, 0.25) is 0 Å². The Morgan fingerprint density at radius 2 is 1.92 bits per heavy atom. The van der Waals surface area contributed by atoms with Crippen LogP contribution < -0.4 is 14.8 Å². The monoisotopic (exact) mass is 354 g/mol. The summed E-state index contributed by atoms with van der Waals surface area (Å²) in [6.07, 6.45) is 2.62. The minimum absolute atomic E-state index is 0.545. The number of hydrogen-bond donors (Lipinski definition) is 1. The molecule has 0 amide bonds. The summed E-state index contributed by atoms with van der Waals surface area (Å²) in [5.41, 5.74) is 2.37. The van der Waals surface area contributed by atoms with Gasteiger partial charge in [0, 0.05) is 19.1 Å². The highest BCUT2D eigenvalue weighted by Gasteiger charge is 2.22. The molecule has 1 aliphatic rings. The first kappa shape index (κ1) is 18.7. The van der Waals surface area contributed by atoms with Crippen molar-refractivity contribution < 1.29 is 9.47 Å². The molecule has 0 spiro atoms. The lowest BCUT2D eigenvalue weighted by atomic mass is 10.1. The first-order valence-electron chi connectivity index (χ1n) is 9.58. The van der Waals surface area contributed by atoms with Crippen LogP contribution in [0, 0.1) is 0 Å². The molecule has 0 bridgehead atoms. The van der Waals surface area contributed by atoms with Crippen molar-refractivity contribution in [2.45, 2.75) is 39.0 Å². The lowest BCUT2D eigenvalue weighted by Crippen LogP contribution is -2.37. The van der Waals surface area contributed by atoms with Crippen LogP contribution in [-0.4, -0.2) is 37.7 Å². The Kier molecular flexibility index (Phi) is 6.92. The number of nitrogens with zero attached hydrogens (tertiary/aromatic N) is 1. The van der Waals surface area contributed by atoms with E-state index in [1.54, 1.807) is 7.11 Å². The van der Waals surface area contributed by atoms with Gasteiger partial charge in [-0.25, -0.2) is 0 Å². The number of ether oxygens (including phenoxy) is 2. The summed E-state index contributed by atoms with van der Waals surface area (Å²) in [6.45, 7) is 7.07. The molecule has 0 unspecified atom stereocenters. The van der Waals surface area contributed by atoms with Gasteiger partial charge in [0.1, 0.15) is 6.61 Å². The highest BCUT2D eigenvalue weighted by molar-refractivity contribution is 5.43. The SMILES string of the molecule is CCN1CCC[C@@H]1CNCc1ccc(OCc2ccccc2)c(OC)c1. The molecule has 140 valence electrons. The zero-order valence-corrected chi connectivity index (χ0v) is 15.9. The Labute approximate surface area is 157 Å². The largest absolute Gasteiger partial charge is 0.493 e. The van der Waals surface area contributed by atoms with E-state index < -0.39 is 0 Å². The van der Waals surface area contributed by atoms with Crippen LogP contribution in [0.5, 0.6) is 11.5 Å². The third-order valence-electron chi connectivity index (χ3n) is 5.08. The second kappa shape index (κ2) is 9.60. The molecule has 4 nitrogen and oxygen atoms in total. The molecule has 0 aliphatic carbocycles. The van der Waals surface area contributed by atoms with Gasteiger partial charge in [0.25, 0.3) is 0 Å². The van der Waals surface area contributed by atoms with E-state index in [1.165, 1.54) is 24.9 Å². The van der Waals surface area contributed by atoms with Crippen LogP contribution in [0.3, 0.4) is 0 Å². The van der Waals surface area contributed by atoms with Gasteiger partial charge in [-0.15, -0.1) is 0 Å². The summed E-state index contributed by atoms with van der Waals surface area (Å²) in [6, 6.07) is 17.0. The Morgan fingerprint density at radius 3 is 2.69 bits per heavy atom. The predicted octanol–water partition coefficient (Wildman–Crippen LogP) is 3.85. The van der Waals surface area contributed by atoms with Gasteiger partial charge in [-0.05, 0) is 49.2 Å². The fourth-order valence-electron chi connectivity index (χ4n) is 3.60. The fourth-order valence-corrected chi connectivity index (χ4v) is 3.60. The first-order chi connectivity index (χ1) is 12.8. The third-order valence-corrected chi connectivity index (χ3v) is 5.08. The molecule has 3 rings (SSSR count). The lowest BCUT2D eigenvalue weighted by molar-refractivity contribution is 0.260. The van der Waals surface area contributed by atoms with E-state index in [0.717, 1.165) is 36.7 Å². The summed E-state index contributed by atoms with van der Waals surface area (Å²) in [5.74, 6) is 1.57. The summed E-state index contributed by atoms with van der Waals surface area (Å²) in [7, 11) is 1.69. The molecule has 1 saturated heterocycles. The number of methoxy groups -OCH3 is 1. The van der Waals surface area contributed by atoms with Crippen molar-refractivity contribution in [1.82, 2.24) is 10.2 Å². The maximum atomic E-state index is 5.93. The second-order valence-corrected chi connectivity index (χ2v) is 6.82. The lowest BCUT2D eigenvalue weighted by Gasteiger charge is -2.23. The van der Waals surface area contributed by atoms with Crippen molar-refractivity contribution in [2.24, 2.45) is 0 Å². The molecule has 0 aromatic heterocycles. The molecular weight excluding hydrogens is 324 g/mol. The zero-order valence-electron chi connectivity index (χ0n) is 15.9. The average molecular weight is 354 g/mol. The van der Waals surface area contributed by atoms with Crippen molar-refractivity contribution in [3.8, 4) is 11.5 Å². The van der Waals surface area contributed by atoms with Crippen LogP contribution in [0.25, 0.3) is 0 Å². The van der Waals surface area contributed by atoms with Crippen molar-refractivity contribution >= 4 is 0 Å². The zero-order chi connectivity index (χ0) is 18.2. The average Bonchev–Trinajstić information content (AvgIpc) is 3.15. The number of nitrogens with one attached hydrogen (secondary N) is 1. The van der Waals surface area contributed by atoms with Crippen LogP contribution in [-0.2, 0) is 13.2 Å². The summed E-state index contributed by atoms with van der Waals surface area (Å²) in [4.78, 5) is 2.56. The van der Waals surface area contributed by atoms with E-state index in [0.29, 0.717) is 12.6 Å². The quantitative estimate of drug-likeness (QED) is 0.742. The molecule has 1 atom stereocenters. The molecule has 2 aromatic rings. The minimum Gasteiger partial charge on any atom is -0.493 e. The van der Waals surface area contributed by atoms with Crippen LogP contribution in [0.4, 0.5) is 0 Å². The third kappa shape index (κ3) is 4.99. The molecular formula is C22H30N2O2. The highest BCUT2D eigenvalue weighted by Crippen LogP contribution is 2.29. The Bertz CT molecular complexity index is 675. The van der Waals surface area contributed by atoms with Gasteiger partial charge in [0.15, 0.2) is 11.5 Å². The van der Waals surface area contributed by atoms with Gasteiger partial charge < -0.3 is 14.8 Å². The Hall–Kier alpha value is -2.04. The molecule has 1 heterocycles. The standard InChI is InChI=1S/C22H30N2O2/c1-3-24-13-7-10-20(24)16-23-15-19-11-12-21(22(14-19)25-2)26-17-18-8-5-4-6-9-18/h4-6,8-9,11-12,14,20,23H,3,7,10,13,15-17H2,1-2H3/t20-/m1/s1. The molecule has 0 radical (unpaired) electrons. The van der Waals surface area contributed by atoms with E-state index >= 15 is 0 Å². The summed E-state index contributed by atoms with van der Waals surface area (Å²) >= 11 is 0. The maximum absolute atomic E-state index is 5.93. The van der Waals surface area contributed by atoms with Crippen molar-refractivity contribution in [3.05, 3.63) is 59.7 Å². The van der Waals surface area contributed by atoms with Gasteiger partial charge in [-0.1, -0.05) is 43.3 Å². The van der Waals surface area contributed by atoms with E-state index in [9.17, 15) is 0 Å². The van der Waals surface area contributed by atoms with Crippen molar-refractivity contribution in [2.75, 3.05) is 26.7 Å². The first-order valence-corrected chi connectivity index (χ1v) is 9.58. The van der Waals surface area contributed by atoms with Crippen molar-refractivity contribution in [3.63, 3.8) is 0 Å². The minimum atomic E-state index is 0.545. The number of rotatable bonds is 9. The van der Waals surface area contributed by atoms with E-state index in [2.05, 4.69) is 41.4 Å². The van der Waals surface area contributed by atoms with Crippen LogP contribution >= 0.6 is 0 Å². The highest BCUT2D eigenvalue weighted by atomic mass is 16.5. The fraction of sp³-hybridized carbons (Fsp3) is 0.455. The molecule has 26 heavy (non-hydrogen) atoms. The number of hydrogen-bond acceptors (Lipinski definition) is 4. The summed E-state index contributed by atoms with van der Waals surface area (Å²) < 4.78 is 11.5. The molecule has 0 saturated carbocycles. The van der Waals surface area contributed by atoms with Gasteiger partial charge in [0.2, 0.25) is 0 Å². The molecule has 1 fully saturated rings. The van der Waals surface area contributed by atoms with E-state index in [4.69, 9.17) is 9.47 Å². The second-order valence-electron chi connectivity index (χ2n) is 6.82. The summed E-state index contributed by atoms with van der Waals surface area (Å²) in [5, 5.41) is 3.60. The van der Waals surface area contributed by atoms with Crippen LogP contribution in [0.15, 0.2) is 48.5 Å². The maximum Gasteiger partial charge on any atom is 0.161 e. The van der Waals surface area contributed by atoms with E-state index in [1.807, 2.05) is 24.3 Å². The predicted molar refractivity (Wildman–Crippen MR) is 106 cm³/mol. The smallest absolute Gasteiger partial charge is 0.161 e. The normalized spacial score (nSPS) is 17.4. The number of benzene rings is 2. The van der Waals surface area contributed by atoms with Gasteiger partial charge in [-0.3, -0.25) is 4.90 Å². The molecule has 4 heteroatoms. The molecule has 1 N–H and O–H groups in total. The Morgan fingerprint density at radius 1 is 1.08 bits per heavy atom. The topological polar surface area (TPSA) is 33.7 Å².